The molecule has 0 atom stereocenters. The van der Waals surface area contributed by atoms with Crippen molar-refractivity contribution in [3.8, 4) is 55.6 Å². The minimum Gasteiger partial charge on any atom is -0.310 e. The maximum atomic E-state index is 2.39. The molecule has 0 fully saturated rings. The summed E-state index contributed by atoms with van der Waals surface area (Å²) in [6, 6.07) is 90.4. The molecule has 0 unspecified atom stereocenters. The average molecular weight is 776 g/mol. The fraction of sp³-hybridized carbons (Fsp3) is 0. The Kier molecular flexibility index (Phi) is 9.26. The molecular formula is C60H41N. The Hall–Kier alpha value is -8.00. The summed E-state index contributed by atoms with van der Waals surface area (Å²) in [5, 5.41) is 7.65. The minimum atomic E-state index is 1.09. The van der Waals surface area contributed by atoms with Crippen LogP contribution in [-0.4, -0.2) is 0 Å². The van der Waals surface area contributed by atoms with Crippen molar-refractivity contribution in [2.45, 2.75) is 0 Å². The zero-order valence-electron chi connectivity index (χ0n) is 33.6. The highest BCUT2D eigenvalue weighted by molar-refractivity contribution is 6.20. The van der Waals surface area contributed by atoms with Crippen molar-refractivity contribution in [1.29, 1.82) is 0 Å². The minimum absolute atomic E-state index is 1.09. The second-order valence-electron chi connectivity index (χ2n) is 15.7. The van der Waals surface area contributed by atoms with Gasteiger partial charge in [-0.1, -0.05) is 206 Å². The predicted molar refractivity (Wildman–Crippen MR) is 261 cm³/mol. The highest BCUT2D eigenvalue weighted by Gasteiger charge is 2.18. The van der Waals surface area contributed by atoms with E-state index in [4.69, 9.17) is 0 Å². The molecule has 11 aromatic rings. The van der Waals surface area contributed by atoms with Crippen LogP contribution in [0.3, 0.4) is 0 Å². The molecular weight excluding hydrogens is 735 g/mol. The monoisotopic (exact) mass is 775 g/mol. The second-order valence-corrected chi connectivity index (χ2v) is 15.7. The maximum absolute atomic E-state index is 2.39. The Labute approximate surface area is 357 Å². The molecule has 0 aliphatic carbocycles. The van der Waals surface area contributed by atoms with Gasteiger partial charge in [0.1, 0.15) is 0 Å². The van der Waals surface area contributed by atoms with Gasteiger partial charge in [-0.25, -0.2) is 0 Å². The predicted octanol–water partition coefficient (Wildman–Crippen LogP) is 17.0. The maximum Gasteiger partial charge on any atom is 0.0468 e. The van der Waals surface area contributed by atoms with Crippen LogP contribution in [-0.2, 0) is 0 Å². The summed E-state index contributed by atoms with van der Waals surface area (Å²) in [4.78, 5) is 2.38. The highest BCUT2D eigenvalue weighted by atomic mass is 15.1. The van der Waals surface area contributed by atoms with E-state index in [-0.39, 0.29) is 0 Å². The number of rotatable bonds is 8. The lowest BCUT2D eigenvalue weighted by molar-refractivity contribution is 1.28. The van der Waals surface area contributed by atoms with Crippen molar-refractivity contribution < 1.29 is 0 Å². The molecule has 0 aliphatic heterocycles. The lowest BCUT2D eigenvalue weighted by Gasteiger charge is -2.27. The Bertz CT molecular complexity index is 3310. The molecule has 0 spiro atoms. The lowest BCUT2D eigenvalue weighted by Crippen LogP contribution is -2.10. The Morgan fingerprint density at radius 2 is 0.623 bits per heavy atom. The summed E-state index contributed by atoms with van der Waals surface area (Å²) in [5.74, 6) is 0. The van der Waals surface area contributed by atoms with Gasteiger partial charge in [0.25, 0.3) is 0 Å². The van der Waals surface area contributed by atoms with Gasteiger partial charge < -0.3 is 4.90 Å². The molecule has 61 heavy (non-hydrogen) atoms. The van der Waals surface area contributed by atoms with E-state index >= 15 is 0 Å². The molecule has 0 amide bonds. The van der Waals surface area contributed by atoms with Crippen molar-refractivity contribution in [2.75, 3.05) is 4.90 Å². The van der Waals surface area contributed by atoms with Crippen LogP contribution in [0.15, 0.2) is 249 Å². The number of anilines is 3. The summed E-state index contributed by atoms with van der Waals surface area (Å²) >= 11 is 0. The molecule has 0 radical (unpaired) electrons. The second kappa shape index (κ2) is 15.6. The van der Waals surface area contributed by atoms with Crippen LogP contribution in [0, 0.1) is 0 Å². The van der Waals surface area contributed by atoms with Gasteiger partial charge in [0.15, 0.2) is 0 Å². The molecule has 0 aromatic heterocycles. The van der Waals surface area contributed by atoms with Crippen LogP contribution < -0.4 is 4.90 Å². The van der Waals surface area contributed by atoms with E-state index in [0.717, 1.165) is 17.1 Å². The van der Waals surface area contributed by atoms with Crippen LogP contribution in [0.25, 0.3) is 88.0 Å². The zero-order chi connectivity index (χ0) is 40.5. The number of hydrogen-bond acceptors (Lipinski definition) is 1. The summed E-state index contributed by atoms with van der Waals surface area (Å²) in [6.07, 6.45) is 0. The van der Waals surface area contributed by atoms with Crippen molar-refractivity contribution in [1.82, 2.24) is 0 Å². The first-order valence-electron chi connectivity index (χ1n) is 21.0. The van der Waals surface area contributed by atoms with Crippen LogP contribution in [0.1, 0.15) is 0 Å². The van der Waals surface area contributed by atoms with Crippen molar-refractivity contribution in [3.63, 3.8) is 0 Å². The smallest absolute Gasteiger partial charge is 0.0468 e. The van der Waals surface area contributed by atoms with Crippen LogP contribution in [0.2, 0.25) is 0 Å². The molecule has 11 rings (SSSR count). The third-order valence-corrected chi connectivity index (χ3v) is 12.1. The molecule has 0 saturated carbocycles. The van der Waals surface area contributed by atoms with E-state index in [1.807, 2.05) is 0 Å². The third-order valence-electron chi connectivity index (χ3n) is 12.1. The first-order chi connectivity index (χ1) is 30.2. The molecule has 0 saturated heterocycles. The van der Waals surface area contributed by atoms with Gasteiger partial charge in [0.05, 0.1) is 0 Å². The van der Waals surface area contributed by atoms with Gasteiger partial charge in [0.2, 0.25) is 0 Å². The average Bonchev–Trinajstić information content (AvgIpc) is 3.35. The summed E-state index contributed by atoms with van der Waals surface area (Å²) < 4.78 is 0. The molecule has 0 bridgehead atoms. The van der Waals surface area contributed by atoms with E-state index in [0.29, 0.717) is 0 Å². The molecule has 1 nitrogen and oxygen atoms in total. The van der Waals surface area contributed by atoms with Gasteiger partial charge in [-0.3, -0.25) is 0 Å². The fourth-order valence-corrected chi connectivity index (χ4v) is 9.05. The SMILES string of the molecule is c1ccc(-c2ccc(N(c3ccc(-c4ccccc4-c4ccc5ccc6ccc7ccccc7c6c5c4)cc3)c3ccc(-c4ccccc4)c(-c4ccccc4)c3)cc2)cc1. The standard InChI is InChI=1S/C60H41N/c1-4-14-42(15-5-1)43-30-34-51(35-31-43)61(53-38-39-56(44-16-6-2-7-17-44)58(41-53)45-18-8-3-9-19-45)52-36-32-47(33-37-52)54-21-12-13-22-55(54)50-29-26-48-25-28-49-27-24-46-20-10-11-23-57(46)60(49)59(48)40-50/h1-41H. The van der Waals surface area contributed by atoms with E-state index in [1.54, 1.807) is 0 Å². The lowest BCUT2D eigenvalue weighted by atomic mass is 9.91. The topological polar surface area (TPSA) is 3.24 Å². The first kappa shape index (κ1) is 36.1. The normalized spacial score (nSPS) is 11.3. The van der Waals surface area contributed by atoms with Gasteiger partial charge >= 0.3 is 0 Å². The number of hydrogen-bond donors (Lipinski definition) is 0. The number of nitrogens with zero attached hydrogens (tertiary/aromatic N) is 1. The van der Waals surface area contributed by atoms with Gasteiger partial charge in [-0.15, -0.1) is 0 Å². The van der Waals surface area contributed by atoms with Gasteiger partial charge in [-0.05, 0) is 130 Å². The number of benzene rings is 11. The van der Waals surface area contributed by atoms with E-state index in [1.165, 1.54) is 88.0 Å². The molecule has 0 aliphatic rings. The summed E-state index contributed by atoms with van der Waals surface area (Å²) in [7, 11) is 0. The van der Waals surface area contributed by atoms with Crippen LogP contribution in [0.4, 0.5) is 17.1 Å². The highest BCUT2D eigenvalue weighted by Crippen LogP contribution is 2.43. The molecule has 11 aromatic carbocycles. The first-order valence-corrected chi connectivity index (χ1v) is 21.0. The third kappa shape index (κ3) is 6.83. The van der Waals surface area contributed by atoms with Crippen LogP contribution in [0.5, 0.6) is 0 Å². The Balaban J connectivity index is 1.02. The van der Waals surface area contributed by atoms with E-state index in [9.17, 15) is 0 Å². The van der Waals surface area contributed by atoms with Crippen molar-refractivity contribution in [3.05, 3.63) is 249 Å². The Morgan fingerprint density at radius 3 is 1.28 bits per heavy atom. The Morgan fingerprint density at radius 1 is 0.213 bits per heavy atom. The van der Waals surface area contributed by atoms with E-state index < -0.39 is 0 Å². The van der Waals surface area contributed by atoms with Crippen molar-refractivity contribution >= 4 is 49.4 Å². The van der Waals surface area contributed by atoms with Crippen molar-refractivity contribution in [2.24, 2.45) is 0 Å². The number of fused-ring (bicyclic) bond motifs is 5. The molecule has 0 N–H and O–H groups in total. The fourth-order valence-electron chi connectivity index (χ4n) is 9.05. The van der Waals surface area contributed by atoms with Gasteiger partial charge in [-0.2, -0.15) is 0 Å². The molecule has 0 heterocycles. The van der Waals surface area contributed by atoms with E-state index in [2.05, 4.69) is 254 Å². The summed E-state index contributed by atoms with van der Waals surface area (Å²) in [5.41, 5.74) is 15.2. The summed E-state index contributed by atoms with van der Waals surface area (Å²) in [6.45, 7) is 0. The zero-order valence-corrected chi connectivity index (χ0v) is 33.6. The molecule has 1 heteroatoms. The van der Waals surface area contributed by atoms with Gasteiger partial charge in [0, 0.05) is 17.1 Å². The molecule has 286 valence electrons. The largest absolute Gasteiger partial charge is 0.310 e. The quantitative estimate of drug-likeness (QED) is 0.139. The van der Waals surface area contributed by atoms with Crippen LogP contribution >= 0.6 is 0 Å².